The molecule has 0 saturated heterocycles. The number of aryl methyl sites for hydroxylation is 4. The molecule has 0 radical (unpaired) electrons. The maximum atomic E-state index is 14.2. The molecule has 0 bridgehead atoms. The highest BCUT2D eigenvalue weighted by atomic mass is 16.3. The zero-order chi connectivity index (χ0) is 28.3. The molecule has 0 aromatic heterocycles. The highest BCUT2D eigenvalue weighted by molar-refractivity contribution is 5.97. The van der Waals surface area contributed by atoms with E-state index in [-0.39, 0.29) is 17.6 Å². The maximum Gasteiger partial charge on any atom is 0.162 e. The van der Waals surface area contributed by atoms with E-state index in [9.17, 15) is 9.90 Å². The average Bonchev–Trinajstić information content (AvgIpc) is 3.26. The molecule has 5 rings (SSSR count). The Labute approximate surface area is 238 Å². The molecular formula is C38H38O2. The summed E-state index contributed by atoms with van der Waals surface area (Å²) in [6.07, 6.45) is 7.84. The van der Waals surface area contributed by atoms with Crippen molar-refractivity contribution in [3.8, 4) is 0 Å². The van der Waals surface area contributed by atoms with Gasteiger partial charge in [-0.15, -0.1) is 0 Å². The first-order chi connectivity index (χ1) is 19.2. The lowest BCUT2D eigenvalue weighted by Crippen LogP contribution is -2.37. The van der Waals surface area contributed by atoms with Crippen molar-refractivity contribution in [1.82, 2.24) is 0 Å². The molecule has 1 aliphatic carbocycles. The van der Waals surface area contributed by atoms with Gasteiger partial charge in [0.05, 0.1) is 11.5 Å². The van der Waals surface area contributed by atoms with E-state index >= 15 is 0 Å². The molecule has 0 spiro atoms. The topological polar surface area (TPSA) is 37.3 Å². The van der Waals surface area contributed by atoms with Crippen LogP contribution in [-0.2, 0) is 4.79 Å². The van der Waals surface area contributed by atoms with Gasteiger partial charge in [0.15, 0.2) is 5.78 Å². The Balaban J connectivity index is 1.61. The molecule has 0 heterocycles. The van der Waals surface area contributed by atoms with E-state index in [4.69, 9.17) is 0 Å². The summed E-state index contributed by atoms with van der Waals surface area (Å²) in [6.45, 7) is 8.27. The van der Waals surface area contributed by atoms with Crippen LogP contribution in [0.5, 0.6) is 0 Å². The Bertz CT molecular complexity index is 1510. The molecule has 1 aliphatic rings. The van der Waals surface area contributed by atoms with Gasteiger partial charge in [-0.2, -0.15) is 0 Å². The largest absolute Gasteiger partial charge is 0.385 e. The van der Waals surface area contributed by atoms with Crippen molar-refractivity contribution in [3.63, 3.8) is 0 Å². The summed E-state index contributed by atoms with van der Waals surface area (Å²) in [7, 11) is 0. The summed E-state index contributed by atoms with van der Waals surface area (Å²) in [6, 6.07) is 33.4. The fourth-order valence-corrected chi connectivity index (χ4v) is 5.97. The smallest absolute Gasteiger partial charge is 0.162 e. The van der Waals surface area contributed by atoms with Crippen LogP contribution in [0.25, 0.3) is 12.2 Å². The molecule has 1 fully saturated rings. The predicted octanol–water partition coefficient (Wildman–Crippen LogP) is 8.53. The maximum absolute atomic E-state index is 14.2. The van der Waals surface area contributed by atoms with Gasteiger partial charge in [0.25, 0.3) is 0 Å². The Kier molecular flexibility index (Phi) is 8.00. The van der Waals surface area contributed by atoms with E-state index < -0.39 is 11.5 Å². The SMILES string of the molecule is Cc1ccc(/C=C/C(=O)[C@H]2[C@H](c3ccc(C)cc3)[C@H](c3ccc(C)cc3)C[C@]2(O)/C=C/c2ccc(C)cc2)cc1. The van der Waals surface area contributed by atoms with Gasteiger partial charge in [-0.3, -0.25) is 4.79 Å². The van der Waals surface area contributed by atoms with Crippen LogP contribution in [0.15, 0.2) is 109 Å². The Morgan fingerprint density at radius 3 is 1.57 bits per heavy atom. The molecule has 0 unspecified atom stereocenters. The van der Waals surface area contributed by atoms with Crippen LogP contribution in [0.4, 0.5) is 0 Å². The average molecular weight is 527 g/mol. The van der Waals surface area contributed by atoms with Gasteiger partial charge in [-0.1, -0.05) is 138 Å². The van der Waals surface area contributed by atoms with Gasteiger partial charge >= 0.3 is 0 Å². The van der Waals surface area contributed by atoms with Crippen LogP contribution in [0.1, 0.15) is 62.8 Å². The van der Waals surface area contributed by atoms with Crippen molar-refractivity contribution < 1.29 is 9.90 Å². The summed E-state index contributed by atoms with van der Waals surface area (Å²) in [5, 5.41) is 12.4. The molecule has 1 N–H and O–H groups in total. The lowest BCUT2D eigenvalue weighted by atomic mass is 9.76. The van der Waals surface area contributed by atoms with E-state index in [1.807, 2.05) is 54.6 Å². The highest BCUT2D eigenvalue weighted by Crippen LogP contribution is 2.55. The predicted molar refractivity (Wildman–Crippen MR) is 166 cm³/mol. The van der Waals surface area contributed by atoms with Gasteiger partial charge in [-0.25, -0.2) is 0 Å². The van der Waals surface area contributed by atoms with Gasteiger partial charge in [0, 0.05) is 5.92 Å². The van der Waals surface area contributed by atoms with Crippen LogP contribution >= 0.6 is 0 Å². The number of aliphatic hydroxyl groups is 1. The number of rotatable bonds is 7. The van der Waals surface area contributed by atoms with Crippen molar-refractivity contribution in [2.24, 2.45) is 5.92 Å². The van der Waals surface area contributed by atoms with E-state index in [1.165, 1.54) is 22.3 Å². The number of benzene rings is 4. The van der Waals surface area contributed by atoms with Gasteiger partial charge in [0.1, 0.15) is 0 Å². The highest BCUT2D eigenvalue weighted by Gasteiger charge is 2.54. The molecule has 0 amide bonds. The third kappa shape index (κ3) is 6.08. The summed E-state index contributed by atoms with van der Waals surface area (Å²) >= 11 is 0. The number of allylic oxidation sites excluding steroid dienone is 1. The van der Waals surface area contributed by atoms with Crippen LogP contribution in [0.3, 0.4) is 0 Å². The molecule has 4 aromatic carbocycles. The number of ketones is 1. The first kappa shape index (κ1) is 27.6. The lowest BCUT2D eigenvalue weighted by Gasteiger charge is -2.29. The summed E-state index contributed by atoms with van der Waals surface area (Å²) < 4.78 is 0. The van der Waals surface area contributed by atoms with E-state index in [1.54, 1.807) is 6.08 Å². The molecule has 202 valence electrons. The monoisotopic (exact) mass is 526 g/mol. The third-order valence-electron chi connectivity index (χ3n) is 8.31. The second-order valence-corrected chi connectivity index (χ2v) is 11.5. The van der Waals surface area contributed by atoms with Crippen molar-refractivity contribution in [2.75, 3.05) is 0 Å². The molecule has 2 heteroatoms. The van der Waals surface area contributed by atoms with Crippen LogP contribution < -0.4 is 0 Å². The van der Waals surface area contributed by atoms with Crippen molar-refractivity contribution in [2.45, 2.75) is 51.6 Å². The van der Waals surface area contributed by atoms with Crippen molar-refractivity contribution in [1.29, 1.82) is 0 Å². The molecule has 4 aromatic rings. The quantitative estimate of drug-likeness (QED) is 0.245. The third-order valence-corrected chi connectivity index (χ3v) is 8.31. The standard InChI is InChI=1S/C38H38O2/c1-26-5-13-30(14-6-26)17-22-35(39)37-36(33-20-11-29(4)12-21-33)34(32-18-9-28(3)10-19-32)25-38(37,40)24-23-31-15-7-27(2)8-16-31/h5-24,34,36-37,40H,25H2,1-4H3/b22-17+,24-23+/t34-,36+,37-,38+/m0/s1. The van der Waals surface area contributed by atoms with E-state index in [2.05, 4.69) is 88.4 Å². The second-order valence-electron chi connectivity index (χ2n) is 11.5. The number of carbonyl (C=O) groups is 1. The molecule has 0 aliphatic heterocycles. The van der Waals surface area contributed by atoms with Gasteiger partial charge < -0.3 is 5.11 Å². The fourth-order valence-electron chi connectivity index (χ4n) is 5.97. The van der Waals surface area contributed by atoms with E-state index in [0.29, 0.717) is 6.42 Å². The molecule has 1 saturated carbocycles. The first-order valence-corrected chi connectivity index (χ1v) is 14.1. The number of hydrogen-bond acceptors (Lipinski definition) is 2. The van der Waals surface area contributed by atoms with E-state index in [0.717, 1.165) is 22.3 Å². The van der Waals surface area contributed by atoms with Gasteiger partial charge in [0.2, 0.25) is 0 Å². The van der Waals surface area contributed by atoms with Crippen LogP contribution in [0.2, 0.25) is 0 Å². The fraction of sp³-hybridized carbons (Fsp3) is 0.237. The Morgan fingerprint density at radius 1 is 0.650 bits per heavy atom. The van der Waals surface area contributed by atoms with Crippen LogP contribution in [0, 0.1) is 33.6 Å². The van der Waals surface area contributed by atoms with Gasteiger partial charge in [-0.05, 0) is 68.4 Å². The second kappa shape index (κ2) is 11.6. The molecule has 2 nitrogen and oxygen atoms in total. The summed E-state index contributed by atoms with van der Waals surface area (Å²) in [5.41, 5.74) is 7.62. The molecule has 40 heavy (non-hydrogen) atoms. The minimum Gasteiger partial charge on any atom is -0.385 e. The zero-order valence-electron chi connectivity index (χ0n) is 23.8. The minimum absolute atomic E-state index is 0.0160. The van der Waals surface area contributed by atoms with Crippen molar-refractivity contribution in [3.05, 3.63) is 154 Å². The number of carbonyl (C=O) groups excluding carboxylic acids is 1. The Hall–Kier alpha value is -4.01. The first-order valence-electron chi connectivity index (χ1n) is 14.1. The molecular weight excluding hydrogens is 488 g/mol. The zero-order valence-corrected chi connectivity index (χ0v) is 23.8. The molecule has 4 atom stereocenters. The van der Waals surface area contributed by atoms with Crippen LogP contribution in [-0.4, -0.2) is 16.5 Å². The summed E-state index contributed by atoms with van der Waals surface area (Å²) in [5.74, 6) is -0.884. The Morgan fingerprint density at radius 2 is 1.07 bits per heavy atom. The summed E-state index contributed by atoms with van der Waals surface area (Å²) in [4.78, 5) is 14.2. The minimum atomic E-state index is -1.31. The number of hydrogen-bond donors (Lipinski definition) is 1. The normalized spacial score (nSPS) is 22.8. The lowest BCUT2D eigenvalue weighted by molar-refractivity contribution is -0.123. The van der Waals surface area contributed by atoms with Crippen molar-refractivity contribution >= 4 is 17.9 Å².